The van der Waals surface area contributed by atoms with E-state index in [0.29, 0.717) is 12.1 Å². The topological polar surface area (TPSA) is 49.0 Å². The van der Waals surface area contributed by atoms with Gasteiger partial charge < -0.3 is 4.90 Å². The first-order valence-electron chi connectivity index (χ1n) is 5.98. The Morgan fingerprint density at radius 2 is 2.33 bits per heavy atom. The summed E-state index contributed by atoms with van der Waals surface area (Å²) in [5, 5.41) is 7.83. The van der Waals surface area contributed by atoms with Crippen molar-refractivity contribution in [3.8, 4) is 0 Å². The number of carbonyl (C=O) groups is 1. The minimum Gasteiger partial charge on any atom is -0.333 e. The number of H-pyrrole nitrogens is 1. The highest BCUT2D eigenvalue weighted by atomic mass is 16.2. The Kier molecular flexibility index (Phi) is 3.46. The number of fused-ring (bicyclic) bond motifs is 1. The molecule has 18 heavy (non-hydrogen) atoms. The Morgan fingerprint density at radius 3 is 3.00 bits per heavy atom. The van der Waals surface area contributed by atoms with E-state index in [2.05, 4.69) is 16.8 Å². The van der Waals surface area contributed by atoms with Gasteiger partial charge in [0.1, 0.15) is 0 Å². The second kappa shape index (κ2) is 5.04. The lowest BCUT2D eigenvalue weighted by Gasteiger charge is -2.25. The minimum absolute atomic E-state index is 0.0152. The van der Waals surface area contributed by atoms with Crippen molar-refractivity contribution in [1.29, 1.82) is 0 Å². The summed E-state index contributed by atoms with van der Waals surface area (Å²) >= 11 is 0. The van der Waals surface area contributed by atoms with Gasteiger partial charge in [0.15, 0.2) is 0 Å². The number of aromatic nitrogens is 2. The normalized spacial score (nSPS) is 10.8. The molecule has 0 aliphatic carbocycles. The van der Waals surface area contributed by atoms with Gasteiger partial charge in [-0.15, -0.1) is 6.58 Å². The van der Waals surface area contributed by atoms with Crippen LogP contribution in [0.3, 0.4) is 0 Å². The monoisotopic (exact) mass is 243 g/mol. The molecule has 1 aromatic carbocycles. The first-order chi connectivity index (χ1) is 8.63. The smallest absolute Gasteiger partial charge is 0.254 e. The summed E-state index contributed by atoms with van der Waals surface area (Å²) in [6.45, 7) is 8.24. The van der Waals surface area contributed by atoms with Gasteiger partial charge in [-0.25, -0.2) is 0 Å². The fourth-order valence-corrected chi connectivity index (χ4v) is 1.90. The van der Waals surface area contributed by atoms with E-state index in [1.165, 1.54) is 0 Å². The quantitative estimate of drug-likeness (QED) is 0.839. The zero-order valence-electron chi connectivity index (χ0n) is 10.7. The van der Waals surface area contributed by atoms with Crippen LogP contribution < -0.4 is 0 Å². The third-order valence-corrected chi connectivity index (χ3v) is 2.90. The molecular formula is C14H17N3O. The molecule has 2 rings (SSSR count). The molecule has 94 valence electrons. The average molecular weight is 243 g/mol. The summed E-state index contributed by atoms with van der Waals surface area (Å²) in [6.07, 6.45) is 3.49. The van der Waals surface area contributed by atoms with Gasteiger partial charge in [-0.2, -0.15) is 5.10 Å². The van der Waals surface area contributed by atoms with Gasteiger partial charge in [0, 0.05) is 23.5 Å². The molecular weight excluding hydrogens is 226 g/mol. The molecule has 4 nitrogen and oxygen atoms in total. The molecule has 0 atom stereocenters. The summed E-state index contributed by atoms with van der Waals surface area (Å²) in [7, 11) is 0. The summed E-state index contributed by atoms with van der Waals surface area (Å²) in [5.74, 6) is 0.0152. The highest BCUT2D eigenvalue weighted by Crippen LogP contribution is 2.15. The summed E-state index contributed by atoms with van der Waals surface area (Å²) in [6, 6.07) is 5.72. The third-order valence-electron chi connectivity index (χ3n) is 2.90. The van der Waals surface area contributed by atoms with Crippen LogP contribution in [0.2, 0.25) is 0 Å². The van der Waals surface area contributed by atoms with E-state index in [1.807, 2.05) is 32.0 Å². The van der Waals surface area contributed by atoms with Gasteiger partial charge in [-0.05, 0) is 26.0 Å². The fraction of sp³-hybridized carbons (Fsp3) is 0.286. The maximum absolute atomic E-state index is 12.4. The SMILES string of the molecule is C=CCN(C(=O)c1ccc2cn[nH]c2c1)C(C)C. The maximum Gasteiger partial charge on any atom is 0.254 e. The van der Waals surface area contributed by atoms with E-state index in [9.17, 15) is 4.79 Å². The molecule has 1 N–H and O–H groups in total. The van der Waals surface area contributed by atoms with Gasteiger partial charge in [-0.3, -0.25) is 9.89 Å². The van der Waals surface area contributed by atoms with Gasteiger partial charge in [0.2, 0.25) is 0 Å². The molecule has 1 heterocycles. The highest BCUT2D eigenvalue weighted by molar-refractivity contribution is 5.97. The molecule has 0 radical (unpaired) electrons. The molecule has 0 aliphatic rings. The molecule has 0 spiro atoms. The lowest BCUT2D eigenvalue weighted by atomic mass is 10.1. The lowest BCUT2D eigenvalue weighted by molar-refractivity contribution is 0.0729. The van der Waals surface area contributed by atoms with E-state index in [0.717, 1.165) is 10.9 Å². The van der Waals surface area contributed by atoms with Gasteiger partial charge in [0.25, 0.3) is 5.91 Å². The number of hydrogen-bond acceptors (Lipinski definition) is 2. The molecule has 4 heteroatoms. The zero-order valence-corrected chi connectivity index (χ0v) is 10.7. The highest BCUT2D eigenvalue weighted by Gasteiger charge is 2.17. The van der Waals surface area contributed by atoms with Crippen LogP contribution >= 0.6 is 0 Å². The van der Waals surface area contributed by atoms with Crippen molar-refractivity contribution < 1.29 is 4.79 Å². The van der Waals surface area contributed by atoms with E-state index < -0.39 is 0 Å². The number of nitrogens with zero attached hydrogens (tertiary/aromatic N) is 2. The molecule has 0 saturated carbocycles. The Balaban J connectivity index is 2.33. The van der Waals surface area contributed by atoms with Crippen LogP contribution in [-0.2, 0) is 0 Å². The number of nitrogens with one attached hydrogen (secondary N) is 1. The lowest BCUT2D eigenvalue weighted by Crippen LogP contribution is -2.37. The standard InChI is InChI=1S/C14H17N3O/c1-4-7-17(10(2)3)14(18)11-5-6-12-9-15-16-13(12)8-11/h4-6,8-10H,1,7H2,2-3H3,(H,15,16). The number of benzene rings is 1. The number of hydrogen-bond donors (Lipinski definition) is 1. The Morgan fingerprint density at radius 1 is 1.56 bits per heavy atom. The number of amides is 1. The van der Waals surface area contributed by atoms with Crippen LogP contribution in [0.25, 0.3) is 10.9 Å². The van der Waals surface area contributed by atoms with Crippen LogP contribution in [0, 0.1) is 0 Å². The van der Waals surface area contributed by atoms with Crippen LogP contribution in [0.5, 0.6) is 0 Å². The van der Waals surface area contributed by atoms with Gasteiger partial charge in [0.05, 0.1) is 11.7 Å². The molecule has 0 fully saturated rings. The van der Waals surface area contributed by atoms with Crippen LogP contribution in [0.4, 0.5) is 0 Å². The molecule has 1 aromatic heterocycles. The average Bonchev–Trinajstić information content (AvgIpc) is 2.81. The van der Waals surface area contributed by atoms with Crippen molar-refractivity contribution in [3.63, 3.8) is 0 Å². The van der Waals surface area contributed by atoms with Crippen molar-refractivity contribution in [2.45, 2.75) is 19.9 Å². The molecule has 0 saturated heterocycles. The number of carbonyl (C=O) groups excluding carboxylic acids is 1. The van der Waals surface area contributed by atoms with E-state index >= 15 is 0 Å². The Labute approximate surface area is 106 Å². The minimum atomic E-state index is 0.0152. The number of rotatable bonds is 4. The zero-order chi connectivity index (χ0) is 13.1. The van der Waals surface area contributed by atoms with E-state index in [-0.39, 0.29) is 11.9 Å². The van der Waals surface area contributed by atoms with E-state index in [1.54, 1.807) is 17.2 Å². The van der Waals surface area contributed by atoms with Crippen LogP contribution in [-0.4, -0.2) is 33.6 Å². The van der Waals surface area contributed by atoms with Crippen LogP contribution in [0.15, 0.2) is 37.1 Å². The van der Waals surface area contributed by atoms with Crippen molar-refractivity contribution in [1.82, 2.24) is 15.1 Å². The predicted molar refractivity (Wildman–Crippen MR) is 72.5 cm³/mol. The van der Waals surface area contributed by atoms with Crippen LogP contribution in [0.1, 0.15) is 24.2 Å². The fourth-order valence-electron chi connectivity index (χ4n) is 1.90. The van der Waals surface area contributed by atoms with Gasteiger partial charge >= 0.3 is 0 Å². The summed E-state index contributed by atoms with van der Waals surface area (Å²) < 4.78 is 0. The molecule has 0 aliphatic heterocycles. The van der Waals surface area contributed by atoms with Crippen molar-refractivity contribution in [3.05, 3.63) is 42.6 Å². The van der Waals surface area contributed by atoms with E-state index in [4.69, 9.17) is 0 Å². The maximum atomic E-state index is 12.4. The molecule has 0 unspecified atom stereocenters. The van der Waals surface area contributed by atoms with Crippen molar-refractivity contribution >= 4 is 16.8 Å². The third kappa shape index (κ3) is 2.27. The molecule has 2 aromatic rings. The van der Waals surface area contributed by atoms with Crippen molar-refractivity contribution in [2.24, 2.45) is 0 Å². The predicted octanol–water partition coefficient (Wildman–Crippen LogP) is 2.60. The largest absolute Gasteiger partial charge is 0.333 e. The number of aromatic amines is 1. The Hall–Kier alpha value is -2.10. The first-order valence-corrected chi connectivity index (χ1v) is 5.98. The van der Waals surface area contributed by atoms with Gasteiger partial charge in [-0.1, -0.05) is 12.1 Å². The summed E-state index contributed by atoms with van der Waals surface area (Å²) in [5.41, 5.74) is 1.55. The Bertz CT molecular complexity index is 571. The van der Waals surface area contributed by atoms with Crippen molar-refractivity contribution in [2.75, 3.05) is 6.54 Å². The second-order valence-electron chi connectivity index (χ2n) is 4.51. The molecule has 0 bridgehead atoms. The molecule has 1 amide bonds. The second-order valence-corrected chi connectivity index (χ2v) is 4.51. The first kappa shape index (κ1) is 12.4. The summed E-state index contributed by atoms with van der Waals surface area (Å²) in [4.78, 5) is 14.2.